The van der Waals surface area contributed by atoms with Gasteiger partial charge in [-0.2, -0.15) is 0 Å². The molecule has 0 spiro atoms. The second-order valence-electron chi connectivity index (χ2n) is 6.90. The number of aryl methyl sites for hydroxylation is 1. The largest absolute Gasteiger partial charge is 0.486 e. The van der Waals surface area contributed by atoms with Crippen LogP contribution in [-0.2, 0) is 16.0 Å². The highest BCUT2D eigenvalue weighted by Gasteiger charge is 2.56. The number of amides is 2. The van der Waals surface area contributed by atoms with Crippen LogP contribution in [0.25, 0.3) is 0 Å². The number of hydrogen-bond donors (Lipinski definition) is 2. The summed E-state index contributed by atoms with van der Waals surface area (Å²) in [5.41, 5.74) is 1.49. The summed E-state index contributed by atoms with van der Waals surface area (Å²) in [6.45, 7) is 3.07. The number of carbonyl (C=O) groups is 2. The van der Waals surface area contributed by atoms with E-state index in [4.69, 9.17) is 9.47 Å². The smallest absolute Gasteiger partial charge is 0.240 e. The van der Waals surface area contributed by atoms with Crippen molar-refractivity contribution in [2.24, 2.45) is 5.41 Å². The Morgan fingerprint density at radius 3 is 2.11 bits per heavy atom. The van der Waals surface area contributed by atoms with E-state index in [1.165, 1.54) is 5.56 Å². The van der Waals surface area contributed by atoms with E-state index in [0.717, 1.165) is 6.42 Å². The maximum absolute atomic E-state index is 12.8. The van der Waals surface area contributed by atoms with Gasteiger partial charge in [0, 0.05) is 17.4 Å². The molecule has 1 fully saturated rings. The van der Waals surface area contributed by atoms with Gasteiger partial charge >= 0.3 is 0 Å². The lowest BCUT2D eigenvalue weighted by Crippen LogP contribution is -2.35. The van der Waals surface area contributed by atoms with Crippen molar-refractivity contribution in [1.82, 2.24) is 0 Å². The van der Waals surface area contributed by atoms with Gasteiger partial charge in [0.05, 0.1) is 0 Å². The van der Waals surface area contributed by atoms with Gasteiger partial charge in [0.25, 0.3) is 0 Å². The summed E-state index contributed by atoms with van der Waals surface area (Å²) in [4.78, 5) is 25.5. The Morgan fingerprint density at radius 2 is 1.48 bits per heavy atom. The van der Waals surface area contributed by atoms with E-state index in [2.05, 4.69) is 17.6 Å². The number of nitrogens with one attached hydrogen (secondary N) is 2. The lowest BCUT2D eigenvalue weighted by molar-refractivity contribution is -0.131. The van der Waals surface area contributed by atoms with Crippen LogP contribution in [-0.4, -0.2) is 25.0 Å². The first-order chi connectivity index (χ1) is 13.1. The molecule has 1 heterocycles. The molecule has 27 heavy (non-hydrogen) atoms. The van der Waals surface area contributed by atoms with Crippen molar-refractivity contribution in [3.05, 3.63) is 48.0 Å². The topological polar surface area (TPSA) is 76.7 Å². The highest BCUT2D eigenvalue weighted by molar-refractivity contribution is 6.16. The van der Waals surface area contributed by atoms with E-state index in [1.54, 1.807) is 18.2 Å². The Kier molecular flexibility index (Phi) is 4.48. The minimum Gasteiger partial charge on any atom is -0.486 e. The molecule has 2 amide bonds. The molecule has 2 aliphatic rings. The van der Waals surface area contributed by atoms with E-state index >= 15 is 0 Å². The standard InChI is InChI=1S/C21H22N2O4/c1-2-14-3-5-15(6-4-14)22-19(24)21(9-10-21)20(25)23-16-7-8-17-18(13-16)27-12-11-26-17/h3-8,13H,2,9-12H2,1H3,(H,22,24)(H,23,25). The minimum atomic E-state index is -1.00. The minimum absolute atomic E-state index is 0.262. The molecule has 0 atom stereocenters. The normalized spacial score (nSPS) is 16.3. The maximum atomic E-state index is 12.8. The molecule has 4 rings (SSSR count). The fourth-order valence-corrected chi connectivity index (χ4v) is 3.13. The average Bonchev–Trinajstić information content (AvgIpc) is 3.51. The van der Waals surface area contributed by atoms with Gasteiger partial charge in [-0.15, -0.1) is 0 Å². The molecule has 0 unspecified atom stereocenters. The monoisotopic (exact) mass is 366 g/mol. The van der Waals surface area contributed by atoms with Gasteiger partial charge in [-0.05, 0) is 49.1 Å². The third-order valence-corrected chi connectivity index (χ3v) is 5.04. The van der Waals surface area contributed by atoms with Crippen LogP contribution in [0.4, 0.5) is 11.4 Å². The molecular formula is C21H22N2O4. The molecule has 0 saturated heterocycles. The highest BCUT2D eigenvalue weighted by atomic mass is 16.6. The second-order valence-corrected chi connectivity index (χ2v) is 6.90. The van der Waals surface area contributed by atoms with E-state index < -0.39 is 5.41 Å². The van der Waals surface area contributed by atoms with Gasteiger partial charge in [-0.1, -0.05) is 19.1 Å². The van der Waals surface area contributed by atoms with E-state index in [1.807, 2.05) is 24.3 Å². The lowest BCUT2D eigenvalue weighted by atomic mass is 10.0. The van der Waals surface area contributed by atoms with Crippen molar-refractivity contribution in [2.45, 2.75) is 26.2 Å². The fraction of sp³-hybridized carbons (Fsp3) is 0.333. The van der Waals surface area contributed by atoms with Crippen molar-refractivity contribution in [3.8, 4) is 11.5 Å². The molecule has 1 aliphatic heterocycles. The lowest BCUT2D eigenvalue weighted by Gasteiger charge is -2.20. The van der Waals surface area contributed by atoms with Crippen molar-refractivity contribution in [2.75, 3.05) is 23.8 Å². The molecule has 2 aromatic carbocycles. The molecule has 1 saturated carbocycles. The first-order valence-electron chi connectivity index (χ1n) is 9.22. The van der Waals surface area contributed by atoms with Crippen molar-refractivity contribution >= 4 is 23.2 Å². The molecule has 2 N–H and O–H groups in total. The van der Waals surface area contributed by atoms with Crippen LogP contribution in [0.5, 0.6) is 11.5 Å². The van der Waals surface area contributed by atoms with E-state index in [0.29, 0.717) is 48.9 Å². The quantitative estimate of drug-likeness (QED) is 0.796. The van der Waals surface area contributed by atoms with Gasteiger partial charge in [-0.3, -0.25) is 9.59 Å². The molecule has 2 aromatic rings. The molecular weight excluding hydrogens is 344 g/mol. The first-order valence-corrected chi connectivity index (χ1v) is 9.22. The number of rotatable bonds is 5. The predicted molar refractivity (Wildman–Crippen MR) is 102 cm³/mol. The number of benzene rings is 2. The molecule has 1 aliphatic carbocycles. The Bertz CT molecular complexity index is 872. The molecule has 6 nitrogen and oxygen atoms in total. The summed E-state index contributed by atoms with van der Waals surface area (Å²) in [5, 5.41) is 5.71. The van der Waals surface area contributed by atoms with Crippen LogP contribution < -0.4 is 20.1 Å². The third-order valence-electron chi connectivity index (χ3n) is 5.04. The third kappa shape index (κ3) is 3.47. The summed E-state index contributed by atoms with van der Waals surface area (Å²) in [6.07, 6.45) is 2.03. The summed E-state index contributed by atoms with van der Waals surface area (Å²) in [5.74, 6) is 0.710. The van der Waals surface area contributed by atoms with Crippen LogP contribution in [0.1, 0.15) is 25.3 Å². The Hall–Kier alpha value is -3.02. The molecule has 0 radical (unpaired) electrons. The van der Waals surface area contributed by atoms with Crippen LogP contribution >= 0.6 is 0 Å². The maximum Gasteiger partial charge on any atom is 0.240 e. The van der Waals surface area contributed by atoms with Gasteiger partial charge < -0.3 is 20.1 Å². The van der Waals surface area contributed by atoms with Crippen LogP contribution in [0.15, 0.2) is 42.5 Å². The van der Waals surface area contributed by atoms with Crippen LogP contribution in [0.3, 0.4) is 0 Å². The second kappa shape index (κ2) is 6.95. The predicted octanol–water partition coefficient (Wildman–Crippen LogP) is 3.38. The average molecular weight is 366 g/mol. The summed E-state index contributed by atoms with van der Waals surface area (Å²) >= 11 is 0. The summed E-state index contributed by atoms with van der Waals surface area (Å²) in [7, 11) is 0. The van der Waals surface area contributed by atoms with Gasteiger partial charge in [0.1, 0.15) is 18.6 Å². The Morgan fingerprint density at radius 1 is 0.889 bits per heavy atom. The number of carbonyl (C=O) groups excluding carboxylic acids is 2. The van der Waals surface area contributed by atoms with Crippen molar-refractivity contribution in [1.29, 1.82) is 0 Å². The van der Waals surface area contributed by atoms with Crippen LogP contribution in [0.2, 0.25) is 0 Å². The summed E-state index contributed by atoms with van der Waals surface area (Å²) < 4.78 is 11.0. The SMILES string of the molecule is CCc1ccc(NC(=O)C2(C(=O)Nc3ccc4c(c3)OCCO4)CC2)cc1. The molecule has 0 aromatic heterocycles. The first kappa shape index (κ1) is 17.4. The van der Waals surface area contributed by atoms with Gasteiger partial charge in [0.15, 0.2) is 11.5 Å². The Balaban J connectivity index is 1.43. The molecule has 0 bridgehead atoms. The molecule has 140 valence electrons. The number of fused-ring (bicyclic) bond motifs is 1. The zero-order valence-electron chi connectivity index (χ0n) is 15.2. The Labute approximate surface area is 157 Å². The van der Waals surface area contributed by atoms with Crippen LogP contribution in [0, 0.1) is 5.41 Å². The number of hydrogen-bond acceptors (Lipinski definition) is 4. The highest BCUT2D eigenvalue weighted by Crippen LogP contribution is 2.47. The number of anilines is 2. The van der Waals surface area contributed by atoms with Crippen molar-refractivity contribution < 1.29 is 19.1 Å². The van der Waals surface area contributed by atoms with Crippen molar-refractivity contribution in [3.63, 3.8) is 0 Å². The summed E-state index contributed by atoms with van der Waals surface area (Å²) in [6, 6.07) is 12.9. The molecule has 6 heteroatoms. The fourth-order valence-electron chi connectivity index (χ4n) is 3.13. The number of ether oxygens (including phenoxy) is 2. The van der Waals surface area contributed by atoms with Gasteiger partial charge in [-0.25, -0.2) is 0 Å². The zero-order valence-corrected chi connectivity index (χ0v) is 15.2. The van der Waals surface area contributed by atoms with E-state index in [9.17, 15) is 9.59 Å². The van der Waals surface area contributed by atoms with E-state index in [-0.39, 0.29) is 11.8 Å². The van der Waals surface area contributed by atoms with Gasteiger partial charge in [0.2, 0.25) is 11.8 Å². The zero-order chi connectivity index (χ0) is 18.9.